The molecule has 4 aromatic carbocycles. The number of likely N-dealkylation sites (N-methyl/N-ethyl adjacent to an activating group) is 1. The van der Waals surface area contributed by atoms with Crippen LogP contribution >= 0.6 is 11.6 Å². The predicted molar refractivity (Wildman–Crippen MR) is 155 cm³/mol. The summed E-state index contributed by atoms with van der Waals surface area (Å²) in [4.78, 5) is 2.22. The van der Waals surface area contributed by atoms with Gasteiger partial charge in [-0.05, 0) is 60.5 Å². The second-order valence-electron chi connectivity index (χ2n) is 9.65. The standard InChI is InChI=1S/C31H30ClFN2O3S/c1-3-4-10-26-21-35(25-11-6-5-7-12-25)29-20-30(38-27-13-8-9-23(32)18-27)28(22-14-16-24(33)17-15-22)19-31(29)39(36,37)34(26)2/h5-9,11-20,26H,3-4,10,21H2,1-2H3/t26-/m1/s1. The molecule has 1 atom stereocenters. The molecule has 1 aliphatic rings. The maximum atomic E-state index is 14.1. The van der Waals surface area contributed by atoms with Gasteiger partial charge in [0.25, 0.3) is 0 Å². The fourth-order valence-electron chi connectivity index (χ4n) is 4.90. The van der Waals surface area contributed by atoms with Crippen molar-refractivity contribution >= 4 is 33.0 Å². The molecule has 0 aliphatic carbocycles. The van der Waals surface area contributed by atoms with Gasteiger partial charge < -0.3 is 9.64 Å². The zero-order chi connectivity index (χ0) is 27.6. The van der Waals surface area contributed by atoms with E-state index in [0.717, 1.165) is 24.9 Å². The van der Waals surface area contributed by atoms with E-state index in [1.54, 1.807) is 55.6 Å². The molecule has 0 fully saturated rings. The molecule has 202 valence electrons. The summed E-state index contributed by atoms with van der Waals surface area (Å²) in [5.41, 5.74) is 2.57. The van der Waals surface area contributed by atoms with Crippen LogP contribution in [-0.4, -0.2) is 32.4 Å². The quantitative estimate of drug-likeness (QED) is 0.227. The second kappa shape index (κ2) is 11.4. The van der Waals surface area contributed by atoms with E-state index in [4.69, 9.17) is 16.3 Å². The van der Waals surface area contributed by atoms with Crippen molar-refractivity contribution < 1.29 is 17.5 Å². The van der Waals surface area contributed by atoms with E-state index in [2.05, 4.69) is 11.8 Å². The van der Waals surface area contributed by atoms with Crippen molar-refractivity contribution in [3.63, 3.8) is 0 Å². The number of hydrogen-bond acceptors (Lipinski definition) is 4. The summed E-state index contributed by atoms with van der Waals surface area (Å²) >= 11 is 6.22. The van der Waals surface area contributed by atoms with Crippen LogP contribution < -0.4 is 9.64 Å². The molecular weight excluding hydrogens is 535 g/mol. The Labute approximate surface area is 234 Å². The maximum Gasteiger partial charge on any atom is 0.245 e. The Morgan fingerprint density at radius 2 is 1.72 bits per heavy atom. The molecule has 0 N–H and O–H groups in total. The van der Waals surface area contributed by atoms with Gasteiger partial charge in [-0.15, -0.1) is 0 Å². The lowest BCUT2D eigenvalue weighted by Crippen LogP contribution is -2.40. The third-order valence-corrected chi connectivity index (χ3v) is 9.23. The summed E-state index contributed by atoms with van der Waals surface area (Å²) < 4.78 is 49.9. The van der Waals surface area contributed by atoms with E-state index in [0.29, 0.717) is 39.9 Å². The number of halogens is 2. The SMILES string of the molecule is CCCC[C@@H]1CN(c2ccccc2)c2cc(Oc3cccc(Cl)c3)c(-c3ccc(F)cc3)cc2S(=O)(=O)N1C. The van der Waals surface area contributed by atoms with Crippen molar-refractivity contribution in [2.45, 2.75) is 37.1 Å². The van der Waals surface area contributed by atoms with Crippen LogP contribution in [0.5, 0.6) is 11.5 Å². The van der Waals surface area contributed by atoms with Gasteiger partial charge in [0.1, 0.15) is 22.2 Å². The molecular formula is C31H30ClFN2O3S. The minimum atomic E-state index is -3.87. The van der Waals surface area contributed by atoms with Crippen molar-refractivity contribution in [3.05, 3.63) is 102 Å². The van der Waals surface area contributed by atoms with Crippen LogP contribution in [0.2, 0.25) is 5.02 Å². The normalized spacial score (nSPS) is 16.9. The Bertz CT molecular complexity index is 1560. The van der Waals surface area contributed by atoms with Crippen LogP contribution in [-0.2, 0) is 10.0 Å². The molecule has 0 radical (unpaired) electrons. The van der Waals surface area contributed by atoms with Crippen molar-refractivity contribution in [1.82, 2.24) is 4.31 Å². The Morgan fingerprint density at radius 1 is 0.974 bits per heavy atom. The number of fused-ring (bicyclic) bond motifs is 1. The lowest BCUT2D eigenvalue weighted by Gasteiger charge is -2.29. The van der Waals surface area contributed by atoms with E-state index >= 15 is 0 Å². The molecule has 39 heavy (non-hydrogen) atoms. The average molecular weight is 565 g/mol. The molecule has 0 amide bonds. The summed E-state index contributed by atoms with van der Waals surface area (Å²) in [6, 6.07) is 25.9. The highest BCUT2D eigenvalue weighted by molar-refractivity contribution is 7.89. The van der Waals surface area contributed by atoms with Crippen LogP contribution in [0, 0.1) is 5.82 Å². The monoisotopic (exact) mass is 564 g/mol. The highest BCUT2D eigenvalue weighted by Crippen LogP contribution is 2.45. The summed E-state index contributed by atoms with van der Waals surface area (Å²) in [6.07, 6.45) is 2.61. The van der Waals surface area contributed by atoms with Crippen molar-refractivity contribution in [2.24, 2.45) is 0 Å². The summed E-state index contributed by atoms with van der Waals surface area (Å²) in [5.74, 6) is 0.562. The van der Waals surface area contributed by atoms with Crippen LogP contribution in [0.1, 0.15) is 26.2 Å². The highest BCUT2D eigenvalue weighted by atomic mass is 35.5. The number of anilines is 2. The Morgan fingerprint density at radius 3 is 2.41 bits per heavy atom. The second-order valence-corrected chi connectivity index (χ2v) is 12.0. The average Bonchev–Trinajstić information content (AvgIpc) is 3.01. The molecule has 8 heteroatoms. The van der Waals surface area contributed by atoms with Crippen molar-refractivity contribution in [2.75, 3.05) is 18.5 Å². The van der Waals surface area contributed by atoms with Gasteiger partial charge in [0.2, 0.25) is 10.0 Å². The smallest absolute Gasteiger partial charge is 0.245 e. The summed E-state index contributed by atoms with van der Waals surface area (Å²) in [7, 11) is -2.22. The molecule has 0 spiro atoms. The van der Waals surface area contributed by atoms with Gasteiger partial charge >= 0.3 is 0 Å². The molecule has 0 unspecified atom stereocenters. The van der Waals surface area contributed by atoms with Gasteiger partial charge in [0.05, 0.1) is 5.69 Å². The minimum Gasteiger partial charge on any atom is -0.457 e. The Balaban J connectivity index is 1.76. The van der Waals surface area contributed by atoms with Gasteiger partial charge in [0.15, 0.2) is 0 Å². The molecule has 1 aliphatic heterocycles. The van der Waals surface area contributed by atoms with Gasteiger partial charge in [-0.3, -0.25) is 0 Å². The number of hydrogen-bond donors (Lipinski definition) is 0. The number of unbranched alkanes of at least 4 members (excludes halogenated alkanes) is 1. The highest BCUT2D eigenvalue weighted by Gasteiger charge is 2.37. The van der Waals surface area contributed by atoms with Gasteiger partial charge in [-0.1, -0.05) is 67.8 Å². The lowest BCUT2D eigenvalue weighted by atomic mass is 10.0. The van der Waals surface area contributed by atoms with Gasteiger partial charge in [-0.2, -0.15) is 4.31 Å². The number of nitrogens with zero attached hydrogens (tertiary/aromatic N) is 2. The van der Waals surface area contributed by atoms with Crippen LogP contribution in [0.3, 0.4) is 0 Å². The molecule has 4 aromatic rings. The maximum absolute atomic E-state index is 14.1. The van der Waals surface area contributed by atoms with E-state index in [1.807, 2.05) is 30.3 Å². The predicted octanol–water partition coefficient (Wildman–Crippen LogP) is 8.27. The number of para-hydroxylation sites is 1. The van der Waals surface area contributed by atoms with E-state index in [9.17, 15) is 12.8 Å². The van der Waals surface area contributed by atoms with Gasteiger partial charge in [-0.25, -0.2) is 12.8 Å². The van der Waals surface area contributed by atoms with E-state index in [-0.39, 0.29) is 16.8 Å². The van der Waals surface area contributed by atoms with Crippen LogP contribution in [0.25, 0.3) is 11.1 Å². The molecule has 0 aromatic heterocycles. The fourth-order valence-corrected chi connectivity index (χ4v) is 6.66. The van der Waals surface area contributed by atoms with Crippen LogP contribution in [0.15, 0.2) is 95.9 Å². The third kappa shape index (κ3) is 5.66. The number of rotatable bonds is 7. The van der Waals surface area contributed by atoms with Gasteiger partial charge in [0, 0.05) is 42.0 Å². The minimum absolute atomic E-state index is 0.172. The topological polar surface area (TPSA) is 49.9 Å². The Kier molecular flexibility index (Phi) is 7.93. The molecule has 5 nitrogen and oxygen atoms in total. The van der Waals surface area contributed by atoms with E-state index in [1.165, 1.54) is 16.4 Å². The number of sulfonamides is 1. The van der Waals surface area contributed by atoms with E-state index < -0.39 is 10.0 Å². The molecule has 0 saturated carbocycles. The summed E-state index contributed by atoms with van der Waals surface area (Å²) in [6.45, 7) is 2.59. The first-order chi connectivity index (χ1) is 18.8. The number of ether oxygens (including phenoxy) is 1. The number of benzene rings is 4. The molecule has 0 bridgehead atoms. The molecule has 5 rings (SSSR count). The van der Waals surface area contributed by atoms with Crippen molar-refractivity contribution in [1.29, 1.82) is 0 Å². The largest absolute Gasteiger partial charge is 0.457 e. The third-order valence-electron chi connectivity index (χ3n) is 7.05. The molecule has 0 saturated heterocycles. The lowest BCUT2D eigenvalue weighted by molar-refractivity contribution is 0.351. The first-order valence-corrected chi connectivity index (χ1v) is 14.8. The Hall–Kier alpha value is -3.39. The zero-order valence-corrected chi connectivity index (χ0v) is 23.4. The van der Waals surface area contributed by atoms with Crippen LogP contribution in [0.4, 0.5) is 15.8 Å². The zero-order valence-electron chi connectivity index (χ0n) is 21.8. The first-order valence-electron chi connectivity index (χ1n) is 13.0. The molecule has 1 heterocycles. The fraction of sp³-hybridized carbons (Fsp3) is 0.226. The summed E-state index contributed by atoms with van der Waals surface area (Å²) in [5, 5.41) is 0.513. The first kappa shape index (κ1) is 27.2. The van der Waals surface area contributed by atoms with Crippen molar-refractivity contribution in [3.8, 4) is 22.6 Å².